The number of rotatable bonds is 2. The Morgan fingerprint density at radius 3 is 2.69 bits per heavy atom. The second-order valence-electron chi connectivity index (χ2n) is 6.50. The molecule has 0 bridgehead atoms. The van der Waals surface area contributed by atoms with Crippen LogP contribution in [0.2, 0.25) is 0 Å². The summed E-state index contributed by atoms with van der Waals surface area (Å²) in [4.78, 5) is 32.3. The van der Waals surface area contributed by atoms with Crippen molar-refractivity contribution in [1.82, 2.24) is 19.4 Å². The monoisotopic (exact) mass is 435 g/mol. The summed E-state index contributed by atoms with van der Waals surface area (Å²) in [6.45, 7) is 3.58. The van der Waals surface area contributed by atoms with Gasteiger partial charge in [0.15, 0.2) is 5.69 Å². The fourth-order valence-corrected chi connectivity index (χ4v) is 5.13. The molecule has 0 atom stereocenters. The molecule has 1 aliphatic rings. The van der Waals surface area contributed by atoms with E-state index in [4.69, 9.17) is 0 Å². The number of aromatic nitrogens is 4. The third-order valence-electron chi connectivity index (χ3n) is 4.85. The van der Waals surface area contributed by atoms with Gasteiger partial charge in [-0.25, -0.2) is 9.66 Å². The molecular weight excluding hydrogens is 418 g/mol. The Morgan fingerprint density at radius 2 is 2.00 bits per heavy atom. The molecular formula is C17H18BrN5O2S. The van der Waals surface area contributed by atoms with Crippen molar-refractivity contribution in [3.8, 4) is 0 Å². The van der Waals surface area contributed by atoms with Crippen LogP contribution in [0.5, 0.6) is 0 Å². The van der Waals surface area contributed by atoms with E-state index >= 15 is 0 Å². The molecule has 1 aliphatic carbocycles. The molecule has 9 heteroatoms. The van der Waals surface area contributed by atoms with Crippen molar-refractivity contribution in [3.63, 3.8) is 0 Å². The Hall–Kier alpha value is -2.00. The zero-order chi connectivity index (χ0) is 18.6. The Balaban J connectivity index is 1.80. The number of nitrogens with zero attached hydrogens (tertiary/aromatic N) is 4. The predicted molar refractivity (Wildman–Crippen MR) is 105 cm³/mol. The lowest BCUT2D eigenvalue weighted by atomic mass is 9.97. The van der Waals surface area contributed by atoms with Crippen LogP contribution in [0, 0.1) is 13.8 Å². The highest BCUT2D eigenvalue weighted by molar-refractivity contribution is 9.10. The van der Waals surface area contributed by atoms with Crippen LogP contribution in [-0.2, 0) is 19.9 Å². The number of hydrogen-bond donors (Lipinski definition) is 1. The molecule has 0 saturated heterocycles. The number of halogens is 1. The smallest absolute Gasteiger partial charge is 0.271 e. The summed E-state index contributed by atoms with van der Waals surface area (Å²) in [6.07, 6.45) is 4.13. The van der Waals surface area contributed by atoms with Crippen LogP contribution in [0.3, 0.4) is 0 Å². The molecule has 0 unspecified atom stereocenters. The number of thiophene rings is 1. The Bertz CT molecular complexity index is 1110. The van der Waals surface area contributed by atoms with Gasteiger partial charge < -0.3 is 0 Å². The van der Waals surface area contributed by atoms with Crippen molar-refractivity contribution in [3.05, 3.63) is 42.5 Å². The molecule has 3 aromatic heterocycles. The summed E-state index contributed by atoms with van der Waals surface area (Å²) >= 11 is 4.99. The molecule has 4 rings (SSSR count). The van der Waals surface area contributed by atoms with Crippen LogP contribution >= 0.6 is 27.3 Å². The highest BCUT2D eigenvalue weighted by atomic mass is 79.9. The minimum Gasteiger partial charge on any atom is -0.271 e. The molecule has 3 heterocycles. The lowest BCUT2D eigenvalue weighted by molar-refractivity contribution is 0.1000. The van der Waals surface area contributed by atoms with Crippen LogP contribution in [0.25, 0.3) is 10.2 Å². The zero-order valence-electron chi connectivity index (χ0n) is 14.7. The normalized spacial score (nSPS) is 13.8. The van der Waals surface area contributed by atoms with Gasteiger partial charge in [0.2, 0.25) is 0 Å². The maximum atomic E-state index is 13.1. The van der Waals surface area contributed by atoms with E-state index in [9.17, 15) is 9.59 Å². The van der Waals surface area contributed by atoms with E-state index < -0.39 is 5.91 Å². The van der Waals surface area contributed by atoms with Crippen molar-refractivity contribution >= 4 is 43.4 Å². The highest BCUT2D eigenvalue weighted by Gasteiger charge is 2.23. The van der Waals surface area contributed by atoms with Crippen LogP contribution in [0.1, 0.15) is 45.3 Å². The Labute approximate surface area is 162 Å². The van der Waals surface area contributed by atoms with Crippen molar-refractivity contribution in [2.24, 2.45) is 7.05 Å². The number of amides is 1. The first-order valence-corrected chi connectivity index (χ1v) is 10.0. The first kappa shape index (κ1) is 17.4. The summed E-state index contributed by atoms with van der Waals surface area (Å²) in [7, 11) is 1.76. The number of carbonyl (C=O) groups is 1. The number of hydrogen-bond acceptors (Lipinski definition) is 5. The molecule has 3 aromatic rings. The van der Waals surface area contributed by atoms with E-state index in [-0.39, 0.29) is 11.3 Å². The third-order valence-corrected chi connectivity index (χ3v) is 6.98. The molecule has 1 N–H and O–H groups in total. The standard InChI is InChI=1S/C17H18BrN5O2S/c1-8-13(18)14(20-22(8)3)15(24)21-23-9(2)19-16-12(17(23)25)10-6-4-5-7-11(10)26-16/h4-7H2,1-3H3,(H,21,24). The van der Waals surface area contributed by atoms with Gasteiger partial charge in [-0.1, -0.05) is 0 Å². The Kier molecular flexibility index (Phi) is 4.23. The van der Waals surface area contributed by atoms with Crippen molar-refractivity contribution < 1.29 is 4.79 Å². The van der Waals surface area contributed by atoms with Gasteiger partial charge in [-0.3, -0.25) is 19.7 Å². The van der Waals surface area contributed by atoms with E-state index in [1.807, 2.05) is 6.92 Å². The lowest BCUT2D eigenvalue weighted by Crippen LogP contribution is -2.36. The predicted octanol–water partition coefficient (Wildman–Crippen LogP) is 2.83. The third kappa shape index (κ3) is 2.61. The quantitative estimate of drug-likeness (QED) is 0.670. The highest BCUT2D eigenvalue weighted by Crippen LogP contribution is 2.33. The molecule has 26 heavy (non-hydrogen) atoms. The minimum atomic E-state index is -0.448. The molecule has 0 radical (unpaired) electrons. The molecule has 136 valence electrons. The van der Waals surface area contributed by atoms with Crippen molar-refractivity contribution in [1.29, 1.82) is 0 Å². The Morgan fingerprint density at radius 1 is 1.27 bits per heavy atom. The number of aryl methyl sites for hydroxylation is 4. The van der Waals surface area contributed by atoms with E-state index in [2.05, 4.69) is 31.4 Å². The van der Waals surface area contributed by atoms with Crippen LogP contribution < -0.4 is 11.0 Å². The molecule has 0 aromatic carbocycles. The van der Waals surface area contributed by atoms with E-state index in [0.717, 1.165) is 41.8 Å². The largest absolute Gasteiger partial charge is 0.291 e. The molecule has 0 aliphatic heterocycles. The number of fused-ring (bicyclic) bond motifs is 3. The first-order chi connectivity index (χ1) is 12.4. The van der Waals surface area contributed by atoms with E-state index in [1.54, 1.807) is 30.0 Å². The summed E-state index contributed by atoms with van der Waals surface area (Å²) < 4.78 is 3.47. The summed E-state index contributed by atoms with van der Waals surface area (Å²) in [5.74, 6) is 0.00856. The maximum Gasteiger partial charge on any atom is 0.291 e. The number of nitrogens with one attached hydrogen (secondary N) is 1. The molecule has 0 fully saturated rings. The molecule has 0 saturated carbocycles. The van der Waals surface area contributed by atoms with E-state index in [0.29, 0.717) is 15.7 Å². The van der Waals surface area contributed by atoms with Gasteiger partial charge in [0.1, 0.15) is 10.7 Å². The fraction of sp³-hybridized carbons (Fsp3) is 0.412. The van der Waals surface area contributed by atoms with Crippen LogP contribution in [0.4, 0.5) is 0 Å². The number of carbonyl (C=O) groups excluding carboxylic acids is 1. The van der Waals surface area contributed by atoms with Gasteiger partial charge in [-0.15, -0.1) is 11.3 Å². The van der Waals surface area contributed by atoms with Crippen LogP contribution in [-0.4, -0.2) is 25.3 Å². The van der Waals surface area contributed by atoms with Gasteiger partial charge >= 0.3 is 0 Å². The first-order valence-electron chi connectivity index (χ1n) is 8.43. The van der Waals surface area contributed by atoms with Crippen molar-refractivity contribution in [2.75, 3.05) is 5.43 Å². The van der Waals surface area contributed by atoms with Crippen LogP contribution in [0.15, 0.2) is 9.27 Å². The average Bonchev–Trinajstić information content (AvgIpc) is 3.10. The maximum absolute atomic E-state index is 13.1. The van der Waals surface area contributed by atoms with Gasteiger partial charge in [-0.2, -0.15) is 5.10 Å². The zero-order valence-corrected chi connectivity index (χ0v) is 17.1. The van der Waals surface area contributed by atoms with Gasteiger partial charge in [0.05, 0.1) is 15.6 Å². The minimum absolute atomic E-state index is 0.218. The molecule has 7 nitrogen and oxygen atoms in total. The second-order valence-corrected chi connectivity index (χ2v) is 8.38. The summed E-state index contributed by atoms with van der Waals surface area (Å²) in [5.41, 5.74) is 4.62. The SMILES string of the molecule is Cc1c(Br)c(C(=O)Nn2c(C)nc3sc4c(c3c2=O)CCCC4)nn1C. The molecule has 1 amide bonds. The average molecular weight is 436 g/mol. The summed E-state index contributed by atoms with van der Waals surface area (Å²) in [5, 5.41) is 4.86. The van der Waals surface area contributed by atoms with Gasteiger partial charge in [-0.05, 0) is 61.0 Å². The topological polar surface area (TPSA) is 81.8 Å². The summed E-state index contributed by atoms with van der Waals surface area (Å²) in [6, 6.07) is 0. The second kappa shape index (κ2) is 6.31. The van der Waals surface area contributed by atoms with Crippen molar-refractivity contribution in [2.45, 2.75) is 39.5 Å². The lowest BCUT2D eigenvalue weighted by Gasteiger charge is -2.12. The van der Waals surface area contributed by atoms with Gasteiger partial charge in [0.25, 0.3) is 11.5 Å². The van der Waals surface area contributed by atoms with E-state index in [1.165, 1.54) is 9.55 Å². The van der Waals surface area contributed by atoms with Gasteiger partial charge in [0, 0.05) is 11.9 Å². The fourth-order valence-electron chi connectivity index (χ4n) is 3.32. The molecule has 0 spiro atoms.